The predicted molar refractivity (Wildman–Crippen MR) is 78.3 cm³/mol. The molecule has 0 aliphatic heterocycles. The first-order valence-corrected chi connectivity index (χ1v) is 8.41. The molecule has 0 saturated heterocycles. The normalized spacial score (nSPS) is 11.3. The molecule has 0 atom stereocenters. The molecule has 2 aromatic rings. The Morgan fingerprint density at radius 3 is 2.62 bits per heavy atom. The van der Waals surface area contributed by atoms with Crippen molar-refractivity contribution in [3.63, 3.8) is 0 Å². The standard InChI is InChI=1S/C13H14N2O4S2/c1-19-13(16)8-10-2-4-11(5-3-10)21(17,18)15-9-12-14-6-7-20-12/h2-7,15H,8-9H2,1H3. The Hall–Kier alpha value is -1.77. The van der Waals surface area contributed by atoms with E-state index in [1.807, 2.05) is 0 Å². The third-order valence-electron chi connectivity index (χ3n) is 2.71. The smallest absolute Gasteiger partial charge is 0.309 e. The molecule has 0 unspecified atom stereocenters. The van der Waals surface area contributed by atoms with Gasteiger partial charge in [0.25, 0.3) is 0 Å². The van der Waals surface area contributed by atoms with Crippen LogP contribution in [-0.4, -0.2) is 26.5 Å². The SMILES string of the molecule is COC(=O)Cc1ccc(S(=O)(=O)NCc2nccs2)cc1. The van der Waals surface area contributed by atoms with Gasteiger partial charge in [0.15, 0.2) is 0 Å². The molecule has 0 bridgehead atoms. The number of thiazole rings is 1. The van der Waals surface area contributed by atoms with Gasteiger partial charge in [-0.25, -0.2) is 18.1 Å². The lowest BCUT2D eigenvalue weighted by Crippen LogP contribution is -2.23. The van der Waals surface area contributed by atoms with Crippen molar-refractivity contribution in [1.82, 2.24) is 9.71 Å². The van der Waals surface area contributed by atoms with Crippen molar-refractivity contribution < 1.29 is 17.9 Å². The molecule has 0 radical (unpaired) electrons. The molecule has 6 nitrogen and oxygen atoms in total. The van der Waals surface area contributed by atoms with Gasteiger partial charge in [0.2, 0.25) is 10.0 Å². The van der Waals surface area contributed by atoms with E-state index >= 15 is 0 Å². The third-order valence-corrected chi connectivity index (χ3v) is 4.90. The summed E-state index contributed by atoms with van der Waals surface area (Å²) in [6.07, 6.45) is 1.74. The van der Waals surface area contributed by atoms with Crippen molar-refractivity contribution in [1.29, 1.82) is 0 Å². The van der Waals surface area contributed by atoms with Crippen LogP contribution >= 0.6 is 11.3 Å². The van der Waals surface area contributed by atoms with Gasteiger partial charge >= 0.3 is 5.97 Å². The van der Waals surface area contributed by atoms with Crippen LogP contribution in [0, 0.1) is 0 Å². The highest BCUT2D eigenvalue weighted by Crippen LogP contribution is 2.12. The maximum atomic E-state index is 12.1. The van der Waals surface area contributed by atoms with E-state index < -0.39 is 10.0 Å². The molecule has 112 valence electrons. The Morgan fingerprint density at radius 2 is 2.05 bits per heavy atom. The lowest BCUT2D eigenvalue weighted by atomic mass is 10.2. The first-order chi connectivity index (χ1) is 10.0. The Kier molecular flexibility index (Phi) is 5.05. The van der Waals surface area contributed by atoms with Crippen molar-refractivity contribution in [2.24, 2.45) is 0 Å². The fourth-order valence-corrected chi connectivity index (χ4v) is 3.24. The lowest BCUT2D eigenvalue weighted by Gasteiger charge is -2.06. The number of hydrogen-bond acceptors (Lipinski definition) is 6. The second-order valence-electron chi connectivity index (χ2n) is 4.15. The van der Waals surface area contributed by atoms with E-state index in [2.05, 4.69) is 14.4 Å². The Bertz CT molecular complexity index is 694. The fourth-order valence-electron chi connectivity index (χ4n) is 1.61. The molecule has 8 heteroatoms. The van der Waals surface area contributed by atoms with Gasteiger partial charge in [-0.05, 0) is 17.7 Å². The molecule has 0 aliphatic carbocycles. The predicted octanol–water partition coefficient (Wildman–Crippen LogP) is 1.34. The Labute approximate surface area is 126 Å². The van der Waals surface area contributed by atoms with E-state index in [0.717, 1.165) is 0 Å². The van der Waals surface area contributed by atoms with Gasteiger partial charge in [-0.3, -0.25) is 4.79 Å². The molecule has 0 fully saturated rings. The zero-order valence-corrected chi connectivity index (χ0v) is 12.9. The second-order valence-corrected chi connectivity index (χ2v) is 6.89. The molecular weight excluding hydrogens is 312 g/mol. The minimum atomic E-state index is -3.59. The van der Waals surface area contributed by atoms with Gasteiger partial charge in [-0.2, -0.15) is 0 Å². The Balaban J connectivity index is 2.04. The first kappa shape index (κ1) is 15.6. The van der Waals surface area contributed by atoms with Crippen LogP contribution in [0.1, 0.15) is 10.6 Å². The summed E-state index contributed by atoms with van der Waals surface area (Å²) in [5.41, 5.74) is 0.695. The van der Waals surface area contributed by atoms with Crippen LogP contribution in [0.25, 0.3) is 0 Å². The summed E-state index contributed by atoms with van der Waals surface area (Å²) < 4.78 is 31.2. The van der Waals surface area contributed by atoms with Crippen molar-refractivity contribution in [2.45, 2.75) is 17.9 Å². The van der Waals surface area contributed by atoms with E-state index in [1.54, 1.807) is 23.7 Å². The van der Waals surface area contributed by atoms with Gasteiger partial charge in [0.1, 0.15) is 5.01 Å². The average molecular weight is 326 g/mol. The number of nitrogens with one attached hydrogen (secondary N) is 1. The van der Waals surface area contributed by atoms with Crippen LogP contribution in [-0.2, 0) is 32.5 Å². The van der Waals surface area contributed by atoms with Crippen molar-refractivity contribution in [2.75, 3.05) is 7.11 Å². The molecule has 0 saturated carbocycles. The molecule has 0 spiro atoms. The van der Waals surface area contributed by atoms with E-state index in [1.165, 1.54) is 30.6 Å². The molecule has 1 N–H and O–H groups in total. The van der Waals surface area contributed by atoms with Gasteiger partial charge in [-0.1, -0.05) is 12.1 Å². The van der Waals surface area contributed by atoms with Gasteiger partial charge in [0.05, 0.1) is 25.0 Å². The van der Waals surface area contributed by atoms with Crippen molar-refractivity contribution >= 4 is 27.3 Å². The quantitative estimate of drug-likeness (QED) is 0.810. The monoisotopic (exact) mass is 326 g/mol. The molecule has 21 heavy (non-hydrogen) atoms. The maximum absolute atomic E-state index is 12.1. The summed E-state index contributed by atoms with van der Waals surface area (Å²) in [4.78, 5) is 15.3. The average Bonchev–Trinajstić information content (AvgIpc) is 2.99. The highest BCUT2D eigenvalue weighted by molar-refractivity contribution is 7.89. The van der Waals surface area contributed by atoms with E-state index in [4.69, 9.17) is 0 Å². The topological polar surface area (TPSA) is 85.4 Å². The molecular formula is C13H14N2O4S2. The highest BCUT2D eigenvalue weighted by Gasteiger charge is 2.14. The number of aromatic nitrogens is 1. The molecule has 2 rings (SSSR count). The Morgan fingerprint density at radius 1 is 1.33 bits per heavy atom. The van der Waals surface area contributed by atoms with Crippen LogP contribution in [0.3, 0.4) is 0 Å². The maximum Gasteiger partial charge on any atom is 0.309 e. The molecule has 1 aromatic carbocycles. The van der Waals surface area contributed by atoms with Crippen LogP contribution < -0.4 is 4.72 Å². The number of ether oxygens (including phenoxy) is 1. The second kappa shape index (κ2) is 6.79. The zero-order valence-electron chi connectivity index (χ0n) is 11.3. The van der Waals surface area contributed by atoms with Crippen LogP contribution in [0.15, 0.2) is 40.7 Å². The number of hydrogen-bond donors (Lipinski definition) is 1. The summed E-state index contributed by atoms with van der Waals surface area (Å²) in [5, 5.41) is 2.48. The molecule has 0 aliphatic rings. The first-order valence-electron chi connectivity index (χ1n) is 6.05. The molecule has 0 amide bonds. The lowest BCUT2D eigenvalue weighted by molar-refractivity contribution is -0.139. The van der Waals surface area contributed by atoms with Gasteiger partial charge in [0, 0.05) is 11.6 Å². The van der Waals surface area contributed by atoms with Crippen molar-refractivity contribution in [3.05, 3.63) is 46.4 Å². The largest absolute Gasteiger partial charge is 0.469 e. The molecule has 1 aromatic heterocycles. The van der Waals surface area contributed by atoms with E-state index in [-0.39, 0.29) is 23.8 Å². The number of nitrogens with zero attached hydrogens (tertiary/aromatic N) is 1. The van der Waals surface area contributed by atoms with Crippen LogP contribution in [0.4, 0.5) is 0 Å². The van der Waals surface area contributed by atoms with Gasteiger partial charge in [-0.15, -0.1) is 11.3 Å². The minimum Gasteiger partial charge on any atom is -0.469 e. The number of sulfonamides is 1. The third kappa shape index (κ3) is 4.35. The van der Waals surface area contributed by atoms with Crippen molar-refractivity contribution in [3.8, 4) is 0 Å². The number of carbonyl (C=O) groups is 1. The number of carbonyl (C=O) groups excluding carboxylic acids is 1. The number of rotatable bonds is 6. The fraction of sp³-hybridized carbons (Fsp3) is 0.231. The zero-order chi connectivity index (χ0) is 15.3. The highest BCUT2D eigenvalue weighted by atomic mass is 32.2. The van der Waals surface area contributed by atoms with E-state index in [0.29, 0.717) is 10.6 Å². The number of methoxy groups -OCH3 is 1. The van der Waals surface area contributed by atoms with Crippen LogP contribution in [0.2, 0.25) is 0 Å². The summed E-state index contributed by atoms with van der Waals surface area (Å²) in [7, 11) is -2.28. The molecule has 1 heterocycles. The summed E-state index contributed by atoms with van der Waals surface area (Å²) in [6, 6.07) is 6.11. The van der Waals surface area contributed by atoms with E-state index in [9.17, 15) is 13.2 Å². The minimum absolute atomic E-state index is 0.114. The van der Waals surface area contributed by atoms with Gasteiger partial charge < -0.3 is 4.74 Å². The summed E-state index contributed by atoms with van der Waals surface area (Å²) in [6.45, 7) is 0.157. The summed E-state index contributed by atoms with van der Waals surface area (Å²) >= 11 is 1.38. The summed E-state index contributed by atoms with van der Waals surface area (Å²) in [5.74, 6) is -0.368. The number of esters is 1. The van der Waals surface area contributed by atoms with Crippen LogP contribution in [0.5, 0.6) is 0 Å². The number of benzene rings is 1.